The molecule has 6 nitrogen and oxygen atoms in total. The molecule has 0 saturated carbocycles. The zero-order valence-corrected chi connectivity index (χ0v) is 16.7. The molecule has 0 bridgehead atoms. The van der Waals surface area contributed by atoms with Crippen LogP contribution >= 0.6 is 0 Å². The lowest BCUT2D eigenvalue weighted by Gasteiger charge is -2.28. The minimum absolute atomic E-state index is 0.0333. The molecule has 0 spiro atoms. The summed E-state index contributed by atoms with van der Waals surface area (Å²) in [6, 6.07) is 14.9. The molecular formula is C22H26N2O4. The van der Waals surface area contributed by atoms with Crippen LogP contribution in [-0.2, 0) is 9.59 Å². The Morgan fingerprint density at radius 2 is 1.79 bits per heavy atom. The van der Waals surface area contributed by atoms with E-state index >= 15 is 0 Å². The average molecular weight is 382 g/mol. The number of ether oxygens (including phenoxy) is 2. The Morgan fingerprint density at radius 3 is 2.43 bits per heavy atom. The predicted molar refractivity (Wildman–Crippen MR) is 108 cm³/mol. The molecule has 1 heterocycles. The van der Waals surface area contributed by atoms with Crippen LogP contribution in [0.5, 0.6) is 11.5 Å². The third-order valence-corrected chi connectivity index (χ3v) is 5.38. The lowest BCUT2D eigenvalue weighted by atomic mass is 10.0. The summed E-state index contributed by atoms with van der Waals surface area (Å²) in [6.45, 7) is 2.34. The Hall–Kier alpha value is -3.02. The second-order valence-corrected chi connectivity index (χ2v) is 6.98. The van der Waals surface area contributed by atoms with Gasteiger partial charge in [0.15, 0.2) is 0 Å². The van der Waals surface area contributed by atoms with E-state index in [-0.39, 0.29) is 30.2 Å². The second-order valence-electron chi connectivity index (χ2n) is 6.98. The number of para-hydroxylation sites is 2. The number of hydrogen-bond donors (Lipinski definition) is 0. The molecule has 0 aromatic heterocycles. The van der Waals surface area contributed by atoms with Crippen molar-refractivity contribution in [2.24, 2.45) is 5.92 Å². The zero-order chi connectivity index (χ0) is 20.3. The summed E-state index contributed by atoms with van der Waals surface area (Å²) in [4.78, 5) is 29.0. The van der Waals surface area contributed by atoms with Crippen LogP contribution in [0.4, 0.5) is 5.69 Å². The number of benzene rings is 2. The molecule has 2 unspecified atom stereocenters. The number of rotatable bonds is 6. The van der Waals surface area contributed by atoms with E-state index in [4.69, 9.17) is 9.47 Å². The number of carbonyl (C=O) groups is 2. The number of amides is 2. The van der Waals surface area contributed by atoms with Crippen molar-refractivity contribution in [3.8, 4) is 11.5 Å². The fourth-order valence-corrected chi connectivity index (χ4v) is 3.54. The highest BCUT2D eigenvalue weighted by molar-refractivity contribution is 6.01. The number of methoxy groups -OCH3 is 2. The summed E-state index contributed by atoms with van der Waals surface area (Å²) in [5.74, 6) is 0.938. The molecule has 28 heavy (non-hydrogen) atoms. The second kappa shape index (κ2) is 8.33. The smallest absolute Gasteiger partial charge is 0.228 e. The highest BCUT2D eigenvalue weighted by Gasteiger charge is 2.38. The van der Waals surface area contributed by atoms with Crippen LogP contribution < -0.4 is 14.4 Å². The SMILES string of the molecule is COc1ccc(C(C)N(C)C(=O)C2CC(=O)N(c3ccccc3OC)C2)cc1. The molecule has 0 radical (unpaired) electrons. The van der Waals surface area contributed by atoms with Crippen LogP contribution in [0, 0.1) is 5.92 Å². The van der Waals surface area contributed by atoms with Crippen molar-refractivity contribution in [1.29, 1.82) is 0 Å². The van der Waals surface area contributed by atoms with Crippen LogP contribution in [0.3, 0.4) is 0 Å². The third-order valence-electron chi connectivity index (χ3n) is 5.38. The summed E-state index contributed by atoms with van der Waals surface area (Å²) >= 11 is 0. The van der Waals surface area contributed by atoms with Crippen molar-refractivity contribution in [3.05, 3.63) is 54.1 Å². The minimum Gasteiger partial charge on any atom is -0.497 e. The summed E-state index contributed by atoms with van der Waals surface area (Å²) in [6.07, 6.45) is 0.205. The van der Waals surface area contributed by atoms with E-state index in [0.717, 1.165) is 11.3 Å². The molecule has 2 amide bonds. The summed E-state index contributed by atoms with van der Waals surface area (Å²) < 4.78 is 10.6. The van der Waals surface area contributed by atoms with Crippen LogP contribution in [0.2, 0.25) is 0 Å². The van der Waals surface area contributed by atoms with Gasteiger partial charge in [-0.1, -0.05) is 24.3 Å². The van der Waals surface area contributed by atoms with Gasteiger partial charge in [-0.05, 0) is 36.8 Å². The van der Waals surface area contributed by atoms with E-state index in [0.29, 0.717) is 18.0 Å². The average Bonchev–Trinajstić information content (AvgIpc) is 3.13. The van der Waals surface area contributed by atoms with E-state index in [2.05, 4.69) is 0 Å². The highest BCUT2D eigenvalue weighted by atomic mass is 16.5. The monoisotopic (exact) mass is 382 g/mol. The predicted octanol–water partition coefficient (Wildman–Crippen LogP) is 3.28. The molecule has 1 saturated heterocycles. The van der Waals surface area contributed by atoms with Gasteiger partial charge in [0.25, 0.3) is 0 Å². The van der Waals surface area contributed by atoms with Crippen LogP contribution in [0.25, 0.3) is 0 Å². The standard InChI is InChI=1S/C22H26N2O4/c1-15(16-9-11-18(27-3)12-10-16)23(2)22(26)17-13-21(25)24(14-17)19-7-5-6-8-20(19)28-4/h5-12,15,17H,13-14H2,1-4H3. The quantitative estimate of drug-likeness (QED) is 0.769. The molecule has 2 aromatic carbocycles. The Balaban J connectivity index is 1.72. The first-order valence-electron chi connectivity index (χ1n) is 9.30. The molecule has 1 aliphatic heterocycles. The zero-order valence-electron chi connectivity index (χ0n) is 16.7. The van der Waals surface area contributed by atoms with Gasteiger partial charge in [0, 0.05) is 20.0 Å². The highest BCUT2D eigenvalue weighted by Crippen LogP contribution is 2.34. The maximum Gasteiger partial charge on any atom is 0.228 e. The molecule has 2 aromatic rings. The lowest BCUT2D eigenvalue weighted by molar-refractivity contribution is -0.136. The van der Waals surface area contributed by atoms with Gasteiger partial charge in [-0.15, -0.1) is 0 Å². The normalized spacial score (nSPS) is 17.4. The maximum atomic E-state index is 13.1. The van der Waals surface area contributed by atoms with Gasteiger partial charge in [0.2, 0.25) is 11.8 Å². The number of nitrogens with zero attached hydrogens (tertiary/aromatic N) is 2. The van der Waals surface area contributed by atoms with Crippen LogP contribution in [-0.4, -0.2) is 44.5 Å². The van der Waals surface area contributed by atoms with Crippen molar-refractivity contribution in [2.45, 2.75) is 19.4 Å². The molecule has 1 aliphatic rings. The van der Waals surface area contributed by atoms with E-state index in [1.807, 2.05) is 55.5 Å². The number of carbonyl (C=O) groups excluding carboxylic acids is 2. The molecule has 6 heteroatoms. The van der Waals surface area contributed by atoms with E-state index in [1.54, 1.807) is 31.1 Å². The molecule has 2 atom stereocenters. The fourth-order valence-electron chi connectivity index (χ4n) is 3.54. The molecule has 0 aliphatic carbocycles. The minimum atomic E-state index is -0.372. The van der Waals surface area contributed by atoms with E-state index in [9.17, 15) is 9.59 Å². The maximum absolute atomic E-state index is 13.1. The Labute approximate surface area is 165 Å². The Kier molecular flexibility index (Phi) is 5.87. The molecule has 148 valence electrons. The largest absolute Gasteiger partial charge is 0.497 e. The molecular weight excluding hydrogens is 356 g/mol. The Morgan fingerprint density at radius 1 is 1.11 bits per heavy atom. The summed E-state index contributed by atoms with van der Waals surface area (Å²) in [7, 11) is 4.98. The molecule has 1 fully saturated rings. The van der Waals surface area contributed by atoms with E-state index < -0.39 is 0 Å². The third kappa shape index (κ3) is 3.81. The number of anilines is 1. The van der Waals surface area contributed by atoms with Gasteiger partial charge < -0.3 is 19.3 Å². The van der Waals surface area contributed by atoms with Crippen molar-refractivity contribution >= 4 is 17.5 Å². The van der Waals surface area contributed by atoms with E-state index in [1.165, 1.54) is 0 Å². The van der Waals surface area contributed by atoms with Gasteiger partial charge in [-0.25, -0.2) is 0 Å². The summed E-state index contributed by atoms with van der Waals surface area (Å²) in [5, 5.41) is 0. The molecule has 3 rings (SSSR count). The first kappa shape index (κ1) is 19.7. The first-order valence-corrected chi connectivity index (χ1v) is 9.30. The van der Waals surface area contributed by atoms with Crippen molar-refractivity contribution in [1.82, 2.24) is 4.90 Å². The number of hydrogen-bond acceptors (Lipinski definition) is 4. The lowest BCUT2D eigenvalue weighted by Crippen LogP contribution is -2.36. The first-order chi connectivity index (χ1) is 13.5. The van der Waals surface area contributed by atoms with Crippen molar-refractivity contribution in [3.63, 3.8) is 0 Å². The van der Waals surface area contributed by atoms with Gasteiger partial charge in [0.05, 0.1) is 31.9 Å². The van der Waals surface area contributed by atoms with Gasteiger partial charge in [-0.2, -0.15) is 0 Å². The van der Waals surface area contributed by atoms with Crippen molar-refractivity contribution < 1.29 is 19.1 Å². The fraction of sp³-hybridized carbons (Fsp3) is 0.364. The van der Waals surface area contributed by atoms with Gasteiger partial charge in [-0.3, -0.25) is 9.59 Å². The topological polar surface area (TPSA) is 59.1 Å². The van der Waals surface area contributed by atoms with Crippen molar-refractivity contribution in [2.75, 3.05) is 32.7 Å². The molecule has 0 N–H and O–H groups in total. The van der Waals surface area contributed by atoms with Gasteiger partial charge >= 0.3 is 0 Å². The summed E-state index contributed by atoms with van der Waals surface area (Å²) in [5.41, 5.74) is 1.72. The van der Waals surface area contributed by atoms with Gasteiger partial charge in [0.1, 0.15) is 11.5 Å². The Bertz CT molecular complexity index is 850. The van der Waals surface area contributed by atoms with Crippen LogP contribution in [0.15, 0.2) is 48.5 Å². The van der Waals surface area contributed by atoms with Crippen LogP contribution in [0.1, 0.15) is 24.9 Å².